The first-order valence-corrected chi connectivity index (χ1v) is 7.70. The van der Waals surface area contributed by atoms with E-state index in [9.17, 15) is 0 Å². The summed E-state index contributed by atoms with van der Waals surface area (Å²) in [6.45, 7) is 6.95. The Labute approximate surface area is 127 Å². The van der Waals surface area contributed by atoms with Crippen molar-refractivity contribution in [3.8, 4) is 17.6 Å². The van der Waals surface area contributed by atoms with E-state index in [0.717, 1.165) is 43.0 Å². The highest BCUT2D eigenvalue weighted by Gasteiger charge is 2.43. The average Bonchev–Trinajstić information content (AvgIpc) is 3.25. The van der Waals surface area contributed by atoms with Crippen LogP contribution in [0.4, 0.5) is 0 Å². The molecule has 114 valence electrons. The number of nitrogens with one attached hydrogen (secondary N) is 1. The standard InChI is InChI=1S/C17H24N2O2/c1-3-19-12-14-6-5-7-15(20-4-2)16(14)21-13-17(8-9-17)10-11-18/h5-7,19H,3-4,8-10,12-13H2,1-2H3. The Morgan fingerprint density at radius 1 is 1.29 bits per heavy atom. The summed E-state index contributed by atoms with van der Waals surface area (Å²) in [7, 11) is 0. The van der Waals surface area contributed by atoms with E-state index in [4.69, 9.17) is 14.7 Å². The van der Waals surface area contributed by atoms with Gasteiger partial charge in [0.15, 0.2) is 11.5 Å². The molecule has 0 unspecified atom stereocenters. The largest absolute Gasteiger partial charge is 0.490 e. The van der Waals surface area contributed by atoms with Gasteiger partial charge in [-0.1, -0.05) is 19.1 Å². The SMILES string of the molecule is CCNCc1cccc(OCC)c1OCC1(CC#N)CC1. The van der Waals surface area contributed by atoms with Crippen LogP contribution in [0.1, 0.15) is 38.7 Å². The van der Waals surface area contributed by atoms with Crippen molar-refractivity contribution >= 4 is 0 Å². The van der Waals surface area contributed by atoms with Gasteiger partial charge in [-0.15, -0.1) is 0 Å². The molecule has 0 heterocycles. The molecule has 1 aromatic carbocycles. The van der Waals surface area contributed by atoms with E-state index in [1.54, 1.807) is 0 Å². The maximum absolute atomic E-state index is 8.91. The maximum Gasteiger partial charge on any atom is 0.165 e. The Morgan fingerprint density at radius 2 is 2.10 bits per heavy atom. The van der Waals surface area contributed by atoms with E-state index >= 15 is 0 Å². The summed E-state index contributed by atoms with van der Waals surface area (Å²) in [5.41, 5.74) is 1.18. The minimum atomic E-state index is 0.0729. The zero-order valence-electron chi connectivity index (χ0n) is 12.9. The summed E-state index contributed by atoms with van der Waals surface area (Å²) >= 11 is 0. The molecule has 0 atom stereocenters. The summed E-state index contributed by atoms with van der Waals surface area (Å²) in [6.07, 6.45) is 2.74. The number of benzene rings is 1. The molecule has 1 aliphatic carbocycles. The van der Waals surface area contributed by atoms with Crippen LogP contribution in [0.3, 0.4) is 0 Å². The topological polar surface area (TPSA) is 54.3 Å². The molecule has 4 heteroatoms. The molecular weight excluding hydrogens is 264 g/mol. The molecule has 1 aromatic rings. The van der Waals surface area contributed by atoms with Crippen LogP contribution in [0.15, 0.2) is 18.2 Å². The van der Waals surface area contributed by atoms with Crippen molar-refractivity contribution in [1.82, 2.24) is 5.32 Å². The van der Waals surface area contributed by atoms with Crippen molar-refractivity contribution < 1.29 is 9.47 Å². The molecular formula is C17H24N2O2. The normalized spacial score (nSPS) is 15.3. The molecule has 0 radical (unpaired) electrons. The van der Waals surface area contributed by atoms with Crippen molar-refractivity contribution in [2.75, 3.05) is 19.8 Å². The van der Waals surface area contributed by atoms with E-state index in [1.165, 1.54) is 0 Å². The molecule has 1 fully saturated rings. The Balaban J connectivity index is 2.12. The third-order valence-electron chi connectivity index (χ3n) is 3.86. The third kappa shape index (κ3) is 4.12. The van der Waals surface area contributed by atoms with Gasteiger partial charge >= 0.3 is 0 Å². The lowest BCUT2D eigenvalue weighted by Crippen LogP contribution is -2.17. The van der Waals surface area contributed by atoms with E-state index in [0.29, 0.717) is 19.6 Å². The highest BCUT2D eigenvalue weighted by Crippen LogP contribution is 2.49. The molecule has 1 saturated carbocycles. The number of ether oxygens (including phenoxy) is 2. The lowest BCUT2D eigenvalue weighted by Gasteiger charge is -2.19. The van der Waals surface area contributed by atoms with Crippen LogP contribution in [0, 0.1) is 16.7 Å². The number of hydrogen-bond acceptors (Lipinski definition) is 4. The minimum Gasteiger partial charge on any atom is -0.490 e. The van der Waals surface area contributed by atoms with Gasteiger partial charge in [-0.05, 0) is 32.4 Å². The van der Waals surface area contributed by atoms with Gasteiger partial charge in [0, 0.05) is 23.9 Å². The second-order valence-corrected chi connectivity index (χ2v) is 5.58. The fourth-order valence-corrected chi connectivity index (χ4v) is 2.34. The zero-order chi connectivity index (χ0) is 15.1. The molecule has 4 nitrogen and oxygen atoms in total. The lowest BCUT2D eigenvalue weighted by atomic mass is 10.1. The van der Waals surface area contributed by atoms with E-state index in [-0.39, 0.29) is 5.41 Å². The van der Waals surface area contributed by atoms with Crippen molar-refractivity contribution in [2.24, 2.45) is 5.41 Å². The molecule has 2 rings (SSSR count). The number of rotatable bonds is 9. The first-order chi connectivity index (χ1) is 10.2. The molecule has 1 aliphatic rings. The minimum absolute atomic E-state index is 0.0729. The van der Waals surface area contributed by atoms with Crippen LogP contribution >= 0.6 is 0 Å². The van der Waals surface area contributed by atoms with Gasteiger partial charge in [0.05, 0.1) is 19.3 Å². The molecule has 1 N–H and O–H groups in total. The first-order valence-electron chi connectivity index (χ1n) is 7.70. The quantitative estimate of drug-likeness (QED) is 0.757. The third-order valence-corrected chi connectivity index (χ3v) is 3.86. The van der Waals surface area contributed by atoms with Crippen molar-refractivity contribution in [1.29, 1.82) is 5.26 Å². The Hall–Kier alpha value is -1.73. The second-order valence-electron chi connectivity index (χ2n) is 5.58. The summed E-state index contributed by atoms with van der Waals surface area (Å²) in [5.74, 6) is 1.62. The molecule has 0 aromatic heterocycles. The molecule has 0 saturated heterocycles. The zero-order valence-corrected chi connectivity index (χ0v) is 12.9. The van der Waals surface area contributed by atoms with Crippen LogP contribution in [0.2, 0.25) is 0 Å². The number of nitriles is 1. The van der Waals surface area contributed by atoms with Crippen LogP contribution in [-0.2, 0) is 6.54 Å². The summed E-state index contributed by atoms with van der Waals surface area (Å²) < 4.78 is 11.8. The number of para-hydroxylation sites is 1. The van der Waals surface area contributed by atoms with Gasteiger partial charge in [0.1, 0.15) is 0 Å². The Morgan fingerprint density at radius 3 is 2.71 bits per heavy atom. The summed E-state index contributed by atoms with van der Waals surface area (Å²) in [4.78, 5) is 0. The number of hydrogen-bond donors (Lipinski definition) is 1. The highest BCUT2D eigenvalue weighted by molar-refractivity contribution is 5.46. The Kier molecular flexibility index (Phi) is 5.46. The molecule has 21 heavy (non-hydrogen) atoms. The lowest BCUT2D eigenvalue weighted by molar-refractivity contribution is 0.219. The first kappa shape index (κ1) is 15.7. The van der Waals surface area contributed by atoms with Crippen molar-refractivity contribution in [3.63, 3.8) is 0 Å². The predicted molar refractivity (Wildman–Crippen MR) is 82.4 cm³/mol. The van der Waals surface area contributed by atoms with Gasteiger partial charge in [-0.2, -0.15) is 5.26 Å². The van der Waals surface area contributed by atoms with Crippen molar-refractivity contribution in [2.45, 2.75) is 39.7 Å². The Bertz CT molecular complexity index is 504. The van der Waals surface area contributed by atoms with Gasteiger partial charge in [-0.25, -0.2) is 0 Å². The predicted octanol–water partition coefficient (Wildman–Crippen LogP) is 3.27. The van der Waals surface area contributed by atoms with Crippen molar-refractivity contribution in [3.05, 3.63) is 23.8 Å². The van der Waals surface area contributed by atoms with Crippen LogP contribution in [0.5, 0.6) is 11.5 Å². The van der Waals surface area contributed by atoms with Crippen LogP contribution in [0.25, 0.3) is 0 Å². The monoisotopic (exact) mass is 288 g/mol. The van der Waals surface area contributed by atoms with Gasteiger partial charge < -0.3 is 14.8 Å². The fourth-order valence-electron chi connectivity index (χ4n) is 2.34. The van der Waals surface area contributed by atoms with Gasteiger partial charge in [0.2, 0.25) is 0 Å². The molecule has 0 bridgehead atoms. The van der Waals surface area contributed by atoms with E-state index in [1.807, 2.05) is 19.1 Å². The number of nitrogens with zero attached hydrogens (tertiary/aromatic N) is 1. The molecule has 0 spiro atoms. The fraction of sp³-hybridized carbons (Fsp3) is 0.588. The average molecular weight is 288 g/mol. The second kappa shape index (κ2) is 7.33. The van der Waals surface area contributed by atoms with Crippen LogP contribution < -0.4 is 14.8 Å². The van der Waals surface area contributed by atoms with Crippen LogP contribution in [-0.4, -0.2) is 19.8 Å². The van der Waals surface area contributed by atoms with E-state index < -0.39 is 0 Å². The van der Waals surface area contributed by atoms with Gasteiger partial charge in [0.25, 0.3) is 0 Å². The highest BCUT2D eigenvalue weighted by atomic mass is 16.5. The smallest absolute Gasteiger partial charge is 0.165 e. The summed E-state index contributed by atoms with van der Waals surface area (Å²) in [6, 6.07) is 8.27. The molecule has 0 amide bonds. The van der Waals surface area contributed by atoms with Gasteiger partial charge in [-0.3, -0.25) is 0 Å². The molecule has 0 aliphatic heterocycles. The maximum atomic E-state index is 8.91. The summed E-state index contributed by atoms with van der Waals surface area (Å²) in [5, 5.41) is 12.2. The van der Waals surface area contributed by atoms with E-state index in [2.05, 4.69) is 24.4 Å².